The third kappa shape index (κ3) is 7.34. The summed E-state index contributed by atoms with van der Waals surface area (Å²) in [6, 6.07) is 21.7. The monoisotopic (exact) mass is 554 g/mol. The van der Waals surface area contributed by atoms with Gasteiger partial charge in [0.15, 0.2) is 0 Å². The molecule has 0 aliphatic rings. The normalized spacial score (nSPS) is 11.5. The van der Waals surface area contributed by atoms with E-state index in [1.54, 1.807) is 4.90 Å². The molecule has 0 atom stereocenters. The number of aromatic nitrogens is 2. The number of carbonyl (C=O) groups is 2. The summed E-state index contributed by atoms with van der Waals surface area (Å²) in [6.07, 6.45) is 3.02. The Morgan fingerprint density at radius 1 is 0.951 bits per heavy atom. The molecule has 2 amide bonds. The van der Waals surface area contributed by atoms with Crippen molar-refractivity contribution in [2.24, 2.45) is 0 Å². The minimum absolute atomic E-state index is 0.103. The van der Waals surface area contributed by atoms with Crippen LogP contribution in [0.3, 0.4) is 0 Å². The Morgan fingerprint density at radius 3 is 2.32 bits per heavy atom. The van der Waals surface area contributed by atoms with Gasteiger partial charge in [-0.15, -0.1) is 0 Å². The lowest BCUT2D eigenvalue weighted by Crippen LogP contribution is -2.34. The van der Waals surface area contributed by atoms with Gasteiger partial charge in [-0.25, -0.2) is 14.6 Å². The van der Waals surface area contributed by atoms with Crippen molar-refractivity contribution in [3.63, 3.8) is 0 Å². The van der Waals surface area contributed by atoms with Crippen molar-refractivity contribution in [2.45, 2.75) is 73.0 Å². The van der Waals surface area contributed by atoms with E-state index in [0.717, 1.165) is 58.5 Å². The van der Waals surface area contributed by atoms with Crippen molar-refractivity contribution in [3.8, 4) is 11.1 Å². The number of imidazole rings is 1. The van der Waals surface area contributed by atoms with Crippen LogP contribution in [0, 0.1) is 0 Å². The van der Waals surface area contributed by atoms with E-state index in [2.05, 4.69) is 41.1 Å². The number of urea groups is 1. The fraction of sp³-hybridized carbons (Fsp3) is 0.382. The Bertz CT molecular complexity index is 1490. The number of amides is 2. The molecule has 0 aliphatic carbocycles. The van der Waals surface area contributed by atoms with Gasteiger partial charge in [0.25, 0.3) is 0 Å². The van der Waals surface area contributed by atoms with Gasteiger partial charge in [-0.3, -0.25) is 0 Å². The largest absolute Gasteiger partial charge is 0.456 e. The SMILES string of the molecule is CCCCc1nc2ccc(NC(=O)N(CC)CC)cc2n1Cc1ccc(-c2ccccc2C(=O)OC(C)(C)C)cc1. The maximum Gasteiger partial charge on any atom is 0.339 e. The molecule has 1 N–H and O–H groups in total. The molecule has 41 heavy (non-hydrogen) atoms. The summed E-state index contributed by atoms with van der Waals surface area (Å²) in [5.74, 6) is 0.708. The van der Waals surface area contributed by atoms with E-state index in [1.807, 2.05) is 77.1 Å². The molecule has 0 fully saturated rings. The van der Waals surface area contributed by atoms with Crippen molar-refractivity contribution < 1.29 is 14.3 Å². The number of anilines is 1. The second kappa shape index (κ2) is 13.0. The van der Waals surface area contributed by atoms with Gasteiger partial charge in [0.2, 0.25) is 0 Å². The number of carbonyl (C=O) groups excluding carboxylic acids is 2. The number of ether oxygens (including phenoxy) is 1. The summed E-state index contributed by atoms with van der Waals surface area (Å²) in [6.45, 7) is 13.7. The molecule has 3 aromatic carbocycles. The summed E-state index contributed by atoms with van der Waals surface area (Å²) >= 11 is 0. The number of unbranched alkanes of at least 4 members (excludes halogenated alkanes) is 1. The lowest BCUT2D eigenvalue weighted by atomic mass is 9.98. The van der Waals surface area contributed by atoms with Crippen LogP contribution >= 0.6 is 0 Å². The molecule has 0 saturated heterocycles. The topological polar surface area (TPSA) is 76.5 Å². The molecule has 4 aromatic rings. The number of hydrogen-bond donors (Lipinski definition) is 1. The molecule has 0 aliphatic heterocycles. The zero-order valence-electron chi connectivity index (χ0n) is 25.2. The van der Waals surface area contributed by atoms with E-state index in [4.69, 9.17) is 9.72 Å². The Kier molecular flexibility index (Phi) is 9.48. The molecule has 0 bridgehead atoms. The van der Waals surface area contributed by atoms with Crippen molar-refractivity contribution >= 4 is 28.7 Å². The maximum atomic E-state index is 12.9. The van der Waals surface area contributed by atoms with E-state index in [0.29, 0.717) is 25.2 Å². The number of rotatable bonds is 10. The number of esters is 1. The number of aryl methyl sites for hydroxylation is 1. The first kappa shape index (κ1) is 29.8. The highest BCUT2D eigenvalue weighted by Gasteiger charge is 2.21. The quantitative estimate of drug-likeness (QED) is 0.202. The van der Waals surface area contributed by atoms with Crippen LogP contribution < -0.4 is 5.32 Å². The van der Waals surface area contributed by atoms with Gasteiger partial charge in [-0.1, -0.05) is 55.8 Å². The van der Waals surface area contributed by atoms with Gasteiger partial charge >= 0.3 is 12.0 Å². The molecule has 1 aromatic heterocycles. The van der Waals surface area contributed by atoms with Gasteiger partial charge in [0.1, 0.15) is 11.4 Å². The molecule has 0 unspecified atom stereocenters. The predicted molar refractivity (Wildman–Crippen MR) is 166 cm³/mol. The van der Waals surface area contributed by atoms with E-state index in [1.165, 1.54) is 0 Å². The van der Waals surface area contributed by atoms with Crippen molar-refractivity contribution in [1.82, 2.24) is 14.5 Å². The number of hydrogen-bond acceptors (Lipinski definition) is 4. The highest BCUT2D eigenvalue weighted by molar-refractivity contribution is 5.97. The standard InChI is InChI=1S/C34H42N4O3/c1-7-10-15-31-36-29-21-20-26(35-33(40)37(8-2)9-3)22-30(29)38(31)23-24-16-18-25(19-17-24)27-13-11-12-14-28(27)32(39)41-34(4,5)6/h11-14,16-22H,7-10,15,23H2,1-6H3,(H,35,40). The number of fused-ring (bicyclic) bond motifs is 1. The highest BCUT2D eigenvalue weighted by atomic mass is 16.6. The molecule has 0 saturated carbocycles. The third-order valence-corrected chi connectivity index (χ3v) is 7.03. The first-order chi connectivity index (χ1) is 19.6. The van der Waals surface area contributed by atoms with Crippen LogP contribution in [0.25, 0.3) is 22.2 Å². The molecule has 0 spiro atoms. The second-order valence-electron chi connectivity index (χ2n) is 11.3. The van der Waals surface area contributed by atoms with Crippen LogP contribution in [-0.2, 0) is 17.7 Å². The van der Waals surface area contributed by atoms with Gasteiger partial charge in [-0.05, 0) is 82.0 Å². The van der Waals surface area contributed by atoms with E-state index in [9.17, 15) is 9.59 Å². The second-order valence-corrected chi connectivity index (χ2v) is 11.3. The van der Waals surface area contributed by atoms with Crippen LogP contribution in [0.5, 0.6) is 0 Å². The van der Waals surface area contributed by atoms with Crippen molar-refractivity contribution in [3.05, 3.63) is 83.7 Å². The summed E-state index contributed by atoms with van der Waals surface area (Å²) in [5.41, 5.74) is 5.58. The van der Waals surface area contributed by atoms with Gasteiger partial charge < -0.3 is 19.5 Å². The Morgan fingerprint density at radius 2 is 1.66 bits per heavy atom. The van der Waals surface area contributed by atoms with E-state index >= 15 is 0 Å². The van der Waals surface area contributed by atoms with Crippen LogP contribution in [0.2, 0.25) is 0 Å². The van der Waals surface area contributed by atoms with Crippen LogP contribution in [0.4, 0.5) is 10.5 Å². The average Bonchev–Trinajstić information content (AvgIpc) is 3.28. The van der Waals surface area contributed by atoms with Crippen LogP contribution in [0.15, 0.2) is 66.7 Å². The molecule has 7 heteroatoms. The summed E-state index contributed by atoms with van der Waals surface area (Å²) < 4.78 is 7.90. The Hall–Kier alpha value is -4.13. The average molecular weight is 555 g/mol. The molecule has 216 valence electrons. The first-order valence-corrected chi connectivity index (χ1v) is 14.6. The fourth-order valence-corrected chi connectivity index (χ4v) is 4.88. The van der Waals surface area contributed by atoms with Gasteiger partial charge in [0, 0.05) is 31.7 Å². The van der Waals surface area contributed by atoms with E-state index < -0.39 is 5.60 Å². The Labute approximate surface area is 243 Å². The number of nitrogens with one attached hydrogen (secondary N) is 1. The minimum Gasteiger partial charge on any atom is -0.456 e. The molecule has 4 rings (SSSR count). The molecule has 0 radical (unpaired) electrons. The van der Waals surface area contributed by atoms with Gasteiger partial charge in [0.05, 0.1) is 16.6 Å². The first-order valence-electron chi connectivity index (χ1n) is 14.6. The minimum atomic E-state index is -0.564. The van der Waals surface area contributed by atoms with Gasteiger partial charge in [-0.2, -0.15) is 0 Å². The van der Waals surface area contributed by atoms with Crippen LogP contribution in [0.1, 0.15) is 76.1 Å². The fourth-order valence-electron chi connectivity index (χ4n) is 4.88. The molecular formula is C34H42N4O3. The summed E-state index contributed by atoms with van der Waals surface area (Å²) in [7, 11) is 0. The molecule has 7 nitrogen and oxygen atoms in total. The summed E-state index contributed by atoms with van der Waals surface area (Å²) in [5, 5.41) is 3.04. The van der Waals surface area contributed by atoms with Crippen molar-refractivity contribution in [2.75, 3.05) is 18.4 Å². The number of benzene rings is 3. The van der Waals surface area contributed by atoms with Crippen molar-refractivity contribution in [1.29, 1.82) is 0 Å². The smallest absolute Gasteiger partial charge is 0.339 e. The maximum absolute atomic E-state index is 12.9. The predicted octanol–water partition coefficient (Wildman–Crippen LogP) is 7.92. The summed E-state index contributed by atoms with van der Waals surface area (Å²) in [4.78, 5) is 32.3. The lowest BCUT2D eigenvalue weighted by Gasteiger charge is -2.20. The van der Waals surface area contributed by atoms with E-state index in [-0.39, 0.29) is 12.0 Å². The zero-order chi connectivity index (χ0) is 29.6. The lowest BCUT2D eigenvalue weighted by molar-refractivity contribution is 0.00704. The van der Waals surface area contributed by atoms with Crippen LogP contribution in [-0.4, -0.2) is 45.1 Å². The highest BCUT2D eigenvalue weighted by Crippen LogP contribution is 2.28. The third-order valence-electron chi connectivity index (χ3n) is 7.03. The Balaban J connectivity index is 1.64. The number of nitrogens with zero attached hydrogens (tertiary/aromatic N) is 3. The molecular weight excluding hydrogens is 512 g/mol. The molecule has 1 heterocycles. The zero-order valence-corrected chi connectivity index (χ0v) is 25.2.